The average molecular weight is 354 g/mol. The number of dihydropyridines is 1. The molecule has 0 unspecified atom stereocenters. The Morgan fingerprint density at radius 2 is 2.15 bits per heavy atom. The minimum Gasteiger partial charge on any atom is -0.384 e. The minimum absolute atomic E-state index is 0.251. The van der Waals surface area contributed by atoms with Crippen LogP contribution in [0, 0.1) is 17.2 Å². The molecule has 0 spiro atoms. The van der Waals surface area contributed by atoms with Crippen LogP contribution in [0.15, 0.2) is 35.6 Å². The first-order valence-corrected chi connectivity index (χ1v) is 8.58. The highest BCUT2D eigenvalue weighted by Gasteiger charge is 2.19. The molecule has 2 aliphatic rings. The van der Waals surface area contributed by atoms with E-state index in [1.165, 1.54) is 12.4 Å². The van der Waals surface area contributed by atoms with Crippen LogP contribution >= 0.6 is 0 Å². The molecule has 3 heterocycles. The van der Waals surface area contributed by atoms with Gasteiger partial charge < -0.3 is 27.0 Å². The van der Waals surface area contributed by atoms with Crippen LogP contribution in [0.4, 0.5) is 5.82 Å². The fraction of sp³-hybridized carbons (Fsp3) is 0.412. The Morgan fingerprint density at radius 1 is 1.35 bits per heavy atom. The molecule has 3 rings (SSSR count). The molecule has 1 saturated heterocycles. The van der Waals surface area contributed by atoms with Crippen LogP contribution in [0.25, 0.3) is 0 Å². The second kappa shape index (κ2) is 8.31. The van der Waals surface area contributed by atoms with Crippen molar-refractivity contribution in [1.29, 1.82) is 5.26 Å². The van der Waals surface area contributed by atoms with Gasteiger partial charge in [-0.2, -0.15) is 5.26 Å². The molecule has 9 nitrogen and oxygen atoms in total. The van der Waals surface area contributed by atoms with E-state index in [-0.39, 0.29) is 5.69 Å². The van der Waals surface area contributed by atoms with Gasteiger partial charge in [-0.3, -0.25) is 4.79 Å². The SMILES string of the molecule is N#Cc1cnc(NC2=CC(NCC3CCNCC3)=C(C(N)=O)CN2)cn1. The van der Waals surface area contributed by atoms with Gasteiger partial charge in [0.25, 0.3) is 0 Å². The molecule has 1 aromatic heterocycles. The molecule has 0 bridgehead atoms. The number of amides is 1. The molecule has 1 aromatic rings. The van der Waals surface area contributed by atoms with Crippen molar-refractivity contribution in [1.82, 2.24) is 25.9 Å². The van der Waals surface area contributed by atoms with Gasteiger partial charge >= 0.3 is 0 Å². The molecule has 26 heavy (non-hydrogen) atoms. The van der Waals surface area contributed by atoms with E-state index in [9.17, 15) is 4.79 Å². The largest absolute Gasteiger partial charge is 0.384 e. The number of nitriles is 1. The summed E-state index contributed by atoms with van der Waals surface area (Å²) in [7, 11) is 0. The Morgan fingerprint density at radius 3 is 2.81 bits per heavy atom. The summed E-state index contributed by atoms with van der Waals surface area (Å²) in [4.78, 5) is 19.8. The van der Waals surface area contributed by atoms with Crippen LogP contribution in [-0.4, -0.2) is 42.1 Å². The molecular formula is C17H22N8O. The number of nitrogens with one attached hydrogen (secondary N) is 4. The fourth-order valence-corrected chi connectivity index (χ4v) is 2.95. The number of nitrogens with two attached hydrogens (primary N) is 1. The fourth-order valence-electron chi connectivity index (χ4n) is 2.95. The Labute approximate surface area is 151 Å². The van der Waals surface area contributed by atoms with Crippen LogP contribution in [0.1, 0.15) is 18.5 Å². The van der Waals surface area contributed by atoms with Gasteiger partial charge in [0, 0.05) is 24.9 Å². The highest BCUT2D eigenvalue weighted by atomic mass is 16.1. The van der Waals surface area contributed by atoms with Gasteiger partial charge in [0.15, 0.2) is 5.69 Å². The number of rotatable bonds is 6. The van der Waals surface area contributed by atoms with E-state index in [1.54, 1.807) is 0 Å². The molecule has 0 radical (unpaired) electrons. The third-order valence-electron chi connectivity index (χ3n) is 4.44. The monoisotopic (exact) mass is 354 g/mol. The van der Waals surface area contributed by atoms with Crippen LogP contribution < -0.4 is 27.0 Å². The first-order chi connectivity index (χ1) is 12.7. The lowest BCUT2D eigenvalue weighted by Gasteiger charge is -2.26. The third kappa shape index (κ3) is 4.49. The van der Waals surface area contributed by atoms with Crippen molar-refractivity contribution in [2.45, 2.75) is 12.8 Å². The zero-order chi connectivity index (χ0) is 18.4. The third-order valence-corrected chi connectivity index (χ3v) is 4.44. The van der Waals surface area contributed by atoms with Crippen molar-refractivity contribution in [3.8, 4) is 6.07 Å². The number of piperidine rings is 1. The molecule has 0 atom stereocenters. The molecule has 0 aliphatic carbocycles. The lowest BCUT2D eigenvalue weighted by atomic mass is 9.98. The Kier molecular flexibility index (Phi) is 5.66. The Hall–Kier alpha value is -3.12. The maximum Gasteiger partial charge on any atom is 0.248 e. The molecule has 136 valence electrons. The van der Waals surface area contributed by atoms with Crippen LogP contribution in [0.2, 0.25) is 0 Å². The summed E-state index contributed by atoms with van der Waals surface area (Å²) in [6, 6.07) is 1.93. The molecule has 6 N–H and O–H groups in total. The Bertz CT molecular complexity index is 756. The van der Waals surface area contributed by atoms with Crippen LogP contribution in [0.3, 0.4) is 0 Å². The number of hydrogen-bond donors (Lipinski definition) is 5. The smallest absolute Gasteiger partial charge is 0.248 e. The normalized spacial score (nSPS) is 17.7. The van der Waals surface area contributed by atoms with Crippen molar-refractivity contribution >= 4 is 11.7 Å². The maximum atomic E-state index is 11.7. The topological polar surface area (TPSA) is 141 Å². The van der Waals surface area contributed by atoms with Gasteiger partial charge in [-0.15, -0.1) is 0 Å². The van der Waals surface area contributed by atoms with E-state index in [4.69, 9.17) is 11.0 Å². The van der Waals surface area contributed by atoms with E-state index < -0.39 is 5.91 Å². The number of hydrogen-bond acceptors (Lipinski definition) is 8. The predicted molar refractivity (Wildman–Crippen MR) is 96.3 cm³/mol. The quantitative estimate of drug-likeness (QED) is 0.462. The number of primary amides is 1. The highest BCUT2D eigenvalue weighted by molar-refractivity contribution is 5.94. The van der Waals surface area contributed by atoms with Crippen molar-refractivity contribution in [2.24, 2.45) is 11.7 Å². The van der Waals surface area contributed by atoms with Crippen LogP contribution in [-0.2, 0) is 4.79 Å². The number of allylic oxidation sites excluding steroid dienone is 1. The summed E-state index contributed by atoms with van der Waals surface area (Å²) in [5.41, 5.74) is 7.00. The zero-order valence-electron chi connectivity index (χ0n) is 14.4. The van der Waals surface area contributed by atoms with Crippen LogP contribution in [0.5, 0.6) is 0 Å². The number of aromatic nitrogens is 2. The van der Waals surface area contributed by atoms with E-state index >= 15 is 0 Å². The predicted octanol–water partition coefficient (Wildman–Crippen LogP) is -0.467. The van der Waals surface area contributed by atoms with Gasteiger partial charge in [0.2, 0.25) is 5.91 Å². The van der Waals surface area contributed by atoms with E-state index in [2.05, 4.69) is 31.2 Å². The molecule has 0 aromatic carbocycles. The molecule has 2 aliphatic heterocycles. The lowest BCUT2D eigenvalue weighted by Crippen LogP contribution is -2.38. The van der Waals surface area contributed by atoms with Gasteiger partial charge in [-0.1, -0.05) is 0 Å². The summed E-state index contributed by atoms with van der Waals surface area (Å²) in [6.07, 6.45) is 6.91. The van der Waals surface area contributed by atoms with E-state index in [0.29, 0.717) is 29.7 Å². The second-order valence-electron chi connectivity index (χ2n) is 6.27. The molecule has 0 saturated carbocycles. The first kappa shape index (κ1) is 17.7. The summed E-state index contributed by atoms with van der Waals surface area (Å²) in [6.45, 7) is 3.17. The van der Waals surface area contributed by atoms with Crippen molar-refractivity contribution in [3.63, 3.8) is 0 Å². The van der Waals surface area contributed by atoms with Crippen molar-refractivity contribution in [3.05, 3.63) is 41.3 Å². The maximum absolute atomic E-state index is 11.7. The van der Waals surface area contributed by atoms with Gasteiger partial charge in [0.05, 0.1) is 18.0 Å². The van der Waals surface area contributed by atoms with E-state index in [0.717, 1.165) is 38.2 Å². The Balaban J connectivity index is 1.70. The number of nitrogens with zero attached hydrogens (tertiary/aromatic N) is 3. The highest BCUT2D eigenvalue weighted by Crippen LogP contribution is 2.15. The van der Waals surface area contributed by atoms with Gasteiger partial charge in [-0.25, -0.2) is 9.97 Å². The number of carbonyl (C=O) groups is 1. The average Bonchev–Trinajstić information content (AvgIpc) is 2.68. The van der Waals surface area contributed by atoms with Gasteiger partial charge in [-0.05, 0) is 31.8 Å². The van der Waals surface area contributed by atoms with Crippen molar-refractivity contribution in [2.75, 3.05) is 31.5 Å². The van der Waals surface area contributed by atoms with E-state index in [1.807, 2.05) is 12.1 Å². The standard InChI is InChI=1S/C17H22N8O/c18-6-12-8-23-16(10-21-12)25-15-5-14(13(9-24-15)17(19)26)22-7-11-1-3-20-4-2-11/h5,8,10-11,20,22,24H,1-4,7,9H2,(H2,19,26)(H,23,25). The van der Waals surface area contributed by atoms with Crippen molar-refractivity contribution < 1.29 is 4.79 Å². The zero-order valence-corrected chi connectivity index (χ0v) is 14.4. The summed E-state index contributed by atoms with van der Waals surface area (Å²) in [5, 5.41) is 21.7. The molecular weight excluding hydrogens is 332 g/mol. The molecule has 9 heteroatoms. The minimum atomic E-state index is -0.446. The summed E-state index contributed by atoms with van der Waals surface area (Å²) >= 11 is 0. The number of carbonyl (C=O) groups excluding carboxylic acids is 1. The first-order valence-electron chi connectivity index (χ1n) is 8.58. The summed E-state index contributed by atoms with van der Waals surface area (Å²) in [5.74, 6) is 1.31. The second-order valence-corrected chi connectivity index (χ2v) is 6.27. The number of anilines is 1. The lowest BCUT2D eigenvalue weighted by molar-refractivity contribution is -0.114. The summed E-state index contributed by atoms with van der Waals surface area (Å²) < 4.78 is 0. The molecule has 1 amide bonds. The van der Waals surface area contributed by atoms with Gasteiger partial charge in [0.1, 0.15) is 17.7 Å². The molecule has 1 fully saturated rings.